The fourth-order valence-electron chi connectivity index (χ4n) is 4.42. The van der Waals surface area contributed by atoms with Crippen molar-refractivity contribution in [3.8, 4) is 11.4 Å². The Kier molecular flexibility index (Phi) is 6.20. The van der Waals surface area contributed by atoms with Crippen molar-refractivity contribution in [2.75, 3.05) is 0 Å². The van der Waals surface area contributed by atoms with Crippen molar-refractivity contribution in [3.63, 3.8) is 0 Å². The highest BCUT2D eigenvalue weighted by molar-refractivity contribution is 7.98. The average Bonchev–Trinajstić information content (AvgIpc) is 3.55. The van der Waals surface area contributed by atoms with Crippen molar-refractivity contribution in [1.29, 1.82) is 0 Å². The summed E-state index contributed by atoms with van der Waals surface area (Å²) in [7, 11) is 0. The summed E-state index contributed by atoms with van der Waals surface area (Å²) in [6.45, 7) is 0. The van der Waals surface area contributed by atoms with Crippen LogP contribution < -0.4 is 5.56 Å². The second kappa shape index (κ2) is 9.79. The molecule has 3 aromatic heterocycles. The van der Waals surface area contributed by atoms with Crippen molar-refractivity contribution in [1.82, 2.24) is 24.8 Å². The number of hydrogen-bond donors (Lipinski definition) is 1. The van der Waals surface area contributed by atoms with E-state index in [2.05, 4.69) is 20.3 Å². The van der Waals surface area contributed by atoms with Crippen LogP contribution in [0.3, 0.4) is 0 Å². The van der Waals surface area contributed by atoms with Gasteiger partial charge in [-0.05, 0) is 60.6 Å². The van der Waals surface area contributed by atoms with Crippen LogP contribution in [0.1, 0.15) is 34.4 Å². The maximum absolute atomic E-state index is 13.8. The van der Waals surface area contributed by atoms with Gasteiger partial charge in [0.1, 0.15) is 17.0 Å². The van der Waals surface area contributed by atoms with Crippen molar-refractivity contribution in [2.45, 2.75) is 36.6 Å². The summed E-state index contributed by atoms with van der Waals surface area (Å²) in [4.78, 5) is 24.9. The second-order valence-corrected chi connectivity index (χ2v) is 10.5. The molecule has 6 rings (SSSR count). The number of H-pyrrole nitrogens is 1. The molecule has 3 heterocycles. The first kappa shape index (κ1) is 22.8. The van der Waals surface area contributed by atoms with Crippen LogP contribution in [-0.4, -0.2) is 31.1 Å². The van der Waals surface area contributed by atoms with E-state index in [9.17, 15) is 9.18 Å². The third kappa shape index (κ3) is 4.49. The largest absolute Gasteiger partial charge is 0.283 e. The Morgan fingerprint density at radius 3 is 2.92 bits per heavy atom. The van der Waals surface area contributed by atoms with E-state index in [1.165, 1.54) is 39.7 Å². The number of halogens is 1. The Bertz CT molecular complexity index is 1640. The molecule has 1 N–H and O–H groups in total. The van der Waals surface area contributed by atoms with Gasteiger partial charge in [0, 0.05) is 16.2 Å². The van der Waals surface area contributed by atoms with Gasteiger partial charge in [-0.15, -0.1) is 16.4 Å². The average molecular weight is 517 g/mol. The van der Waals surface area contributed by atoms with Gasteiger partial charge in [-0.25, -0.2) is 14.4 Å². The predicted molar refractivity (Wildman–Crippen MR) is 141 cm³/mol. The molecular formula is C26H21FN6OS2. The summed E-state index contributed by atoms with van der Waals surface area (Å²) < 4.78 is 15.1. The summed E-state index contributed by atoms with van der Waals surface area (Å²) in [5.74, 6) is 0.769. The quantitative estimate of drug-likeness (QED) is 0.240. The first-order chi connectivity index (χ1) is 17.7. The lowest BCUT2D eigenvalue weighted by Gasteiger charge is -2.11. The molecular weight excluding hydrogens is 495 g/mol. The van der Waals surface area contributed by atoms with Gasteiger partial charge < -0.3 is 0 Å². The van der Waals surface area contributed by atoms with Crippen LogP contribution in [0.2, 0.25) is 0 Å². The molecule has 0 radical (unpaired) electrons. The summed E-state index contributed by atoms with van der Waals surface area (Å²) in [5.41, 5.74) is 3.31. The van der Waals surface area contributed by atoms with Crippen LogP contribution >= 0.6 is 23.1 Å². The van der Waals surface area contributed by atoms with E-state index in [-0.39, 0.29) is 11.4 Å². The van der Waals surface area contributed by atoms with Crippen molar-refractivity contribution in [3.05, 3.63) is 92.6 Å². The van der Waals surface area contributed by atoms with Gasteiger partial charge in [-0.2, -0.15) is 9.78 Å². The molecule has 0 saturated heterocycles. The Hall–Kier alpha value is -3.63. The lowest BCUT2D eigenvalue weighted by atomic mass is 9.97. The van der Waals surface area contributed by atoms with Gasteiger partial charge in [0.05, 0.1) is 11.6 Å². The van der Waals surface area contributed by atoms with Gasteiger partial charge in [0.25, 0.3) is 5.56 Å². The lowest BCUT2D eigenvalue weighted by molar-refractivity contribution is 0.627. The number of thioether (sulfide) groups is 1. The van der Waals surface area contributed by atoms with Gasteiger partial charge in [-0.1, -0.05) is 42.1 Å². The number of hydrogen-bond acceptors (Lipinski definition) is 7. The van der Waals surface area contributed by atoms with E-state index in [0.717, 1.165) is 47.2 Å². The first-order valence-electron chi connectivity index (χ1n) is 11.6. The third-order valence-electron chi connectivity index (χ3n) is 6.08. The number of nitrogens with one attached hydrogen (secondary N) is 1. The number of benzene rings is 2. The van der Waals surface area contributed by atoms with Crippen LogP contribution in [-0.2, 0) is 18.6 Å². The van der Waals surface area contributed by atoms with Gasteiger partial charge >= 0.3 is 0 Å². The van der Waals surface area contributed by atoms with Crippen LogP contribution in [0.15, 0.2) is 69.9 Å². The lowest BCUT2D eigenvalue weighted by Crippen LogP contribution is -2.21. The summed E-state index contributed by atoms with van der Waals surface area (Å²) in [6, 6.07) is 14.0. The molecule has 0 bridgehead atoms. The minimum Gasteiger partial charge on any atom is -0.267 e. The van der Waals surface area contributed by atoms with Crippen molar-refractivity contribution in [2.24, 2.45) is 5.10 Å². The zero-order valence-electron chi connectivity index (χ0n) is 19.1. The minimum absolute atomic E-state index is 0.192. The maximum Gasteiger partial charge on any atom is 0.283 e. The Morgan fingerprint density at radius 2 is 2.06 bits per heavy atom. The van der Waals surface area contributed by atoms with Crippen molar-refractivity contribution < 1.29 is 4.39 Å². The minimum atomic E-state index is -0.358. The van der Waals surface area contributed by atoms with E-state index in [1.807, 2.05) is 24.3 Å². The molecule has 180 valence electrons. The van der Waals surface area contributed by atoms with Gasteiger partial charge in [0.2, 0.25) is 5.16 Å². The zero-order valence-corrected chi connectivity index (χ0v) is 20.8. The van der Waals surface area contributed by atoms with Crippen LogP contribution in [0, 0.1) is 5.82 Å². The number of nitrogens with zero attached hydrogens (tertiary/aromatic N) is 5. The molecule has 0 aliphatic heterocycles. The first-order valence-corrected chi connectivity index (χ1v) is 13.4. The van der Waals surface area contributed by atoms with Crippen LogP contribution in [0.4, 0.5) is 4.39 Å². The zero-order chi connectivity index (χ0) is 24.5. The normalized spacial score (nSPS) is 13.5. The molecule has 0 fully saturated rings. The molecule has 7 nitrogen and oxygen atoms in total. The molecule has 10 heteroatoms. The number of rotatable bonds is 6. The standard InChI is InChI=1S/C26H21FN6OS2/c27-19-8-4-5-16(12-19)13-30-33-23(18-7-3-6-17(11-18)14-35-26-28-15-29-32-26)31-24-22(25(33)34)20-9-1-2-10-21(20)36-24/h3-8,11-13,15H,1-2,9-10,14H2,(H,28,29,32). The Morgan fingerprint density at radius 1 is 1.17 bits per heavy atom. The molecule has 0 spiro atoms. The predicted octanol–water partition coefficient (Wildman–Crippen LogP) is 5.44. The topological polar surface area (TPSA) is 88.8 Å². The molecule has 0 amide bonds. The number of thiophene rings is 1. The van der Waals surface area contributed by atoms with E-state index >= 15 is 0 Å². The molecule has 0 atom stereocenters. The molecule has 5 aromatic rings. The second-order valence-electron chi connectivity index (χ2n) is 8.51. The smallest absolute Gasteiger partial charge is 0.267 e. The molecule has 2 aromatic carbocycles. The Balaban J connectivity index is 1.47. The highest BCUT2D eigenvalue weighted by Crippen LogP contribution is 2.35. The van der Waals surface area contributed by atoms with Gasteiger partial charge in [0.15, 0.2) is 5.82 Å². The van der Waals surface area contributed by atoms with Gasteiger partial charge in [-0.3, -0.25) is 9.89 Å². The van der Waals surface area contributed by atoms with E-state index in [1.54, 1.807) is 29.8 Å². The molecule has 1 aliphatic rings. The summed E-state index contributed by atoms with van der Waals surface area (Å²) >= 11 is 3.13. The Labute approximate surface area is 214 Å². The van der Waals surface area contributed by atoms with Crippen LogP contribution in [0.25, 0.3) is 21.6 Å². The van der Waals surface area contributed by atoms with Crippen LogP contribution in [0.5, 0.6) is 0 Å². The molecule has 0 unspecified atom stereocenters. The van der Waals surface area contributed by atoms with E-state index in [4.69, 9.17) is 4.98 Å². The summed E-state index contributed by atoms with van der Waals surface area (Å²) in [5, 5.41) is 12.6. The number of aryl methyl sites for hydroxylation is 2. The number of aromatic amines is 1. The SMILES string of the molecule is O=c1c2c3c(sc2nc(-c2cccc(CSc4nc[nH]n4)c2)n1N=Cc1cccc(F)c1)CCCC3. The fraction of sp³-hybridized carbons (Fsp3) is 0.192. The fourth-order valence-corrected chi connectivity index (χ4v) is 6.39. The number of aromatic nitrogens is 5. The van der Waals surface area contributed by atoms with Crippen molar-refractivity contribution >= 4 is 39.5 Å². The van der Waals surface area contributed by atoms with E-state index < -0.39 is 0 Å². The number of fused-ring (bicyclic) bond motifs is 3. The molecule has 1 aliphatic carbocycles. The maximum atomic E-state index is 13.8. The third-order valence-corrected chi connectivity index (χ3v) is 8.20. The molecule has 0 saturated carbocycles. The highest BCUT2D eigenvalue weighted by atomic mass is 32.2. The monoisotopic (exact) mass is 516 g/mol. The highest BCUT2D eigenvalue weighted by Gasteiger charge is 2.22. The summed E-state index contributed by atoms with van der Waals surface area (Å²) in [6.07, 6.45) is 7.11. The van der Waals surface area contributed by atoms with E-state index in [0.29, 0.717) is 27.7 Å². The molecule has 36 heavy (non-hydrogen) atoms.